The molecular formula is C16H24N2O2S. The molecule has 0 spiro atoms. The predicted octanol–water partition coefficient (Wildman–Crippen LogP) is 1.89. The van der Waals surface area contributed by atoms with Crippen LogP contribution in [0.5, 0.6) is 0 Å². The smallest absolute Gasteiger partial charge is 0.221 e. The van der Waals surface area contributed by atoms with Gasteiger partial charge in [-0.1, -0.05) is 24.3 Å². The topological polar surface area (TPSA) is 41.6 Å². The van der Waals surface area contributed by atoms with Crippen LogP contribution in [0.1, 0.15) is 17.5 Å². The van der Waals surface area contributed by atoms with Crippen LogP contribution in [0.15, 0.2) is 24.3 Å². The highest BCUT2D eigenvalue weighted by atomic mass is 32.2. The van der Waals surface area contributed by atoms with Gasteiger partial charge in [-0.25, -0.2) is 0 Å². The molecule has 0 bridgehead atoms. The first-order chi connectivity index (χ1) is 10.3. The molecule has 1 aromatic rings. The second kappa shape index (κ2) is 9.07. The van der Waals surface area contributed by atoms with E-state index in [0.717, 1.165) is 44.2 Å². The Bertz CT molecular complexity index is 430. The molecule has 21 heavy (non-hydrogen) atoms. The SMILES string of the molecule is CSCCC(=O)NCc1ccc(CN2CCOCC2)cc1. The number of hydrogen-bond acceptors (Lipinski definition) is 4. The summed E-state index contributed by atoms with van der Waals surface area (Å²) < 4.78 is 5.36. The van der Waals surface area contributed by atoms with E-state index in [2.05, 4.69) is 34.5 Å². The lowest BCUT2D eigenvalue weighted by atomic mass is 10.1. The number of nitrogens with one attached hydrogen (secondary N) is 1. The van der Waals surface area contributed by atoms with Crippen LogP contribution in [0.25, 0.3) is 0 Å². The monoisotopic (exact) mass is 308 g/mol. The van der Waals surface area contributed by atoms with E-state index in [1.807, 2.05) is 6.26 Å². The van der Waals surface area contributed by atoms with Crippen molar-refractivity contribution in [3.8, 4) is 0 Å². The number of thioether (sulfide) groups is 1. The van der Waals surface area contributed by atoms with Gasteiger partial charge in [0.25, 0.3) is 0 Å². The maximum atomic E-state index is 11.6. The molecule has 0 saturated carbocycles. The number of ether oxygens (including phenoxy) is 1. The van der Waals surface area contributed by atoms with Gasteiger partial charge in [-0.3, -0.25) is 9.69 Å². The Morgan fingerprint density at radius 3 is 2.57 bits per heavy atom. The van der Waals surface area contributed by atoms with Crippen LogP contribution in [-0.2, 0) is 22.6 Å². The minimum absolute atomic E-state index is 0.127. The van der Waals surface area contributed by atoms with Gasteiger partial charge in [0.15, 0.2) is 0 Å². The van der Waals surface area contributed by atoms with Crippen LogP contribution in [0.2, 0.25) is 0 Å². The van der Waals surface area contributed by atoms with Crippen LogP contribution in [0.4, 0.5) is 0 Å². The van der Waals surface area contributed by atoms with Gasteiger partial charge in [0.05, 0.1) is 13.2 Å². The Balaban J connectivity index is 1.74. The standard InChI is InChI=1S/C16H24N2O2S/c1-21-11-6-16(19)17-12-14-2-4-15(5-3-14)13-18-7-9-20-10-8-18/h2-5H,6-13H2,1H3,(H,17,19). The quantitative estimate of drug-likeness (QED) is 0.835. The summed E-state index contributed by atoms with van der Waals surface area (Å²) >= 11 is 1.70. The maximum Gasteiger partial charge on any atom is 0.221 e. The number of carbonyl (C=O) groups is 1. The van der Waals surface area contributed by atoms with Gasteiger partial charge >= 0.3 is 0 Å². The van der Waals surface area contributed by atoms with Gasteiger partial charge in [0.2, 0.25) is 5.91 Å². The third-order valence-electron chi connectivity index (χ3n) is 3.56. The van der Waals surface area contributed by atoms with Crippen molar-refractivity contribution >= 4 is 17.7 Å². The van der Waals surface area contributed by atoms with Gasteiger partial charge in [-0.05, 0) is 17.4 Å². The van der Waals surface area contributed by atoms with E-state index in [1.165, 1.54) is 5.56 Å². The molecule has 0 aromatic heterocycles. The van der Waals surface area contributed by atoms with E-state index in [-0.39, 0.29) is 5.91 Å². The van der Waals surface area contributed by atoms with Gasteiger partial charge < -0.3 is 10.1 Å². The lowest BCUT2D eigenvalue weighted by Crippen LogP contribution is -2.35. The molecular weight excluding hydrogens is 284 g/mol. The predicted molar refractivity (Wildman–Crippen MR) is 87.4 cm³/mol. The van der Waals surface area contributed by atoms with Crippen molar-refractivity contribution in [1.82, 2.24) is 10.2 Å². The Morgan fingerprint density at radius 2 is 1.90 bits per heavy atom. The third-order valence-corrected chi connectivity index (χ3v) is 4.17. The zero-order valence-electron chi connectivity index (χ0n) is 12.6. The molecule has 1 amide bonds. The molecule has 0 aliphatic carbocycles. The van der Waals surface area contributed by atoms with Crippen molar-refractivity contribution in [2.24, 2.45) is 0 Å². The minimum Gasteiger partial charge on any atom is -0.379 e. The first-order valence-electron chi connectivity index (χ1n) is 7.41. The van der Waals surface area contributed by atoms with Crippen LogP contribution >= 0.6 is 11.8 Å². The zero-order chi connectivity index (χ0) is 14.9. The van der Waals surface area contributed by atoms with Crippen LogP contribution < -0.4 is 5.32 Å². The van der Waals surface area contributed by atoms with Gasteiger partial charge in [0, 0.05) is 38.4 Å². The molecule has 1 heterocycles. The highest BCUT2D eigenvalue weighted by molar-refractivity contribution is 7.98. The van der Waals surface area contributed by atoms with Crippen LogP contribution in [-0.4, -0.2) is 49.1 Å². The molecule has 2 rings (SSSR count). The number of amides is 1. The number of nitrogens with zero attached hydrogens (tertiary/aromatic N) is 1. The number of carbonyl (C=O) groups excluding carboxylic acids is 1. The molecule has 0 radical (unpaired) electrons. The fourth-order valence-corrected chi connectivity index (χ4v) is 2.65. The molecule has 1 aliphatic heterocycles. The Morgan fingerprint density at radius 1 is 1.24 bits per heavy atom. The van der Waals surface area contributed by atoms with Crippen LogP contribution in [0, 0.1) is 0 Å². The summed E-state index contributed by atoms with van der Waals surface area (Å²) in [5.74, 6) is 1.01. The summed E-state index contributed by atoms with van der Waals surface area (Å²) in [4.78, 5) is 14.0. The first-order valence-corrected chi connectivity index (χ1v) is 8.81. The van der Waals surface area contributed by atoms with Crippen molar-refractivity contribution in [3.63, 3.8) is 0 Å². The van der Waals surface area contributed by atoms with E-state index in [9.17, 15) is 4.79 Å². The van der Waals surface area contributed by atoms with E-state index in [0.29, 0.717) is 13.0 Å². The third kappa shape index (κ3) is 6.08. The van der Waals surface area contributed by atoms with Gasteiger partial charge in [0.1, 0.15) is 0 Å². The van der Waals surface area contributed by atoms with E-state index >= 15 is 0 Å². The molecule has 1 aliphatic rings. The Hall–Kier alpha value is -1.04. The minimum atomic E-state index is 0.127. The van der Waals surface area contributed by atoms with Gasteiger partial charge in [-0.2, -0.15) is 11.8 Å². The van der Waals surface area contributed by atoms with Crippen molar-refractivity contribution in [1.29, 1.82) is 0 Å². The molecule has 1 fully saturated rings. The maximum absolute atomic E-state index is 11.6. The van der Waals surface area contributed by atoms with Crippen LogP contribution in [0.3, 0.4) is 0 Å². The fourth-order valence-electron chi connectivity index (χ4n) is 2.26. The number of benzene rings is 1. The van der Waals surface area contributed by atoms with Crippen molar-refractivity contribution in [3.05, 3.63) is 35.4 Å². The molecule has 0 atom stereocenters. The highest BCUT2D eigenvalue weighted by Crippen LogP contribution is 2.09. The number of morpholine rings is 1. The lowest BCUT2D eigenvalue weighted by molar-refractivity contribution is -0.120. The van der Waals surface area contributed by atoms with Crippen molar-refractivity contribution < 1.29 is 9.53 Å². The summed E-state index contributed by atoms with van der Waals surface area (Å²) in [6.45, 7) is 5.27. The molecule has 4 nitrogen and oxygen atoms in total. The molecule has 1 N–H and O–H groups in total. The van der Waals surface area contributed by atoms with E-state index in [1.54, 1.807) is 11.8 Å². The van der Waals surface area contributed by atoms with E-state index < -0.39 is 0 Å². The summed E-state index contributed by atoms with van der Waals surface area (Å²) in [6, 6.07) is 8.51. The average Bonchev–Trinajstić information content (AvgIpc) is 2.53. The lowest BCUT2D eigenvalue weighted by Gasteiger charge is -2.26. The second-order valence-corrected chi connectivity index (χ2v) is 6.21. The highest BCUT2D eigenvalue weighted by Gasteiger charge is 2.10. The second-order valence-electron chi connectivity index (χ2n) is 5.22. The Labute approximate surface area is 131 Å². The molecule has 1 aromatic carbocycles. The summed E-state index contributed by atoms with van der Waals surface area (Å²) in [7, 11) is 0. The summed E-state index contributed by atoms with van der Waals surface area (Å²) in [6.07, 6.45) is 2.61. The number of hydrogen-bond donors (Lipinski definition) is 1. The summed E-state index contributed by atoms with van der Waals surface area (Å²) in [5, 5.41) is 2.96. The molecule has 0 unspecified atom stereocenters. The largest absolute Gasteiger partial charge is 0.379 e. The Kier molecular flexibility index (Phi) is 7.06. The van der Waals surface area contributed by atoms with E-state index in [4.69, 9.17) is 4.74 Å². The fraction of sp³-hybridized carbons (Fsp3) is 0.562. The number of rotatable bonds is 7. The molecule has 1 saturated heterocycles. The van der Waals surface area contributed by atoms with Crippen molar-refractivity contribution in [2.75, 3.05) is 38.3 Å². The van der Waals surface area contributed by atoms with Crippen molar-refractivity contribution in [2.45, 2.75) is 19.5 Å². The zero-order valence-corrected chi connectivity index (χ0v) is 13.5. The molecule has 5 heteroatoms. The normalized spacial score (nSPS) is 15.9. The average molecular weight is 308 g/mol. The summed E-state index contributed by atoms with van der Waals surface area (Å²) in [5.41, 5.74) is 2.47. The molecule has 116 valence electrons. The van der Waals surface area contributed by atoms with Gasteiger partial charge in [-0.15, -0.1) is 0 Å². The first kappa shape index (κ1) is 16.3.